The quantitative estimate of drug-likeness (QED) is 0.703. The minimum absolute atomic E-state index is 0.0602. The first-order valence-electron chi connectivity index (χ1n) is 8.09. The van der Waals surface area contributed by atoms with Crippen molar-refractivity contribution in [1.82, 2.24) is 0 Å². The molecule has 0 aliphatic carbocycles. The summed E-state index contributed by atoms with van der Waals surface area (Å²) in [5.41, 5.74) is 1.84. The van der Waals surface area contributed by atoms with Crippen LogP contribution in [0.3, 0.4) is 0 Å². The summed E-state index contributed by atoms with van der Waals surface area (Å²) in [6, 6.07) is 10.1. The molecular weight excluding hydrogens is 334 g/mol. The largest absolute Gasteiger partial charge is 0.508 e. The molecule has 1 aromatic heterocycles. The van der Waals surface area contributed by atoms with Crippen LogP contribution in [0.15, 0.2) is 45.6 Å². The van der Waals surface area contributed by atoms with Crippen molar-refractivity contribution in [3.8, 4) is 11.5 Å². The molecule has 6 nitrogen and oxygen atoms in total. The van der Waals surface area contributed by atoms with Gasteiger partial charge in [0.2, 0.25) is 5.91 Å². The molecule has 0 fully saturated rings. The summed E-state index contributed by atoms with van der Waals surface area (Å²) in [5.74, 6) is 0.429. The maximum atomic E-state index is 12.3. The van der Waals surface area contributed by atoms with Gasteiger partial charge in [-0.15, -0.1) is 0 Å². The topological polar surface area (TPSA) is 88.8 Å². The second-order valence-electron chi connectivity index (χ2n) is 6.03. The lowest BCUT2D eigenvalue weighted by Crippen LogP contribution is -2.20. The zero-order valence-corrected chi connectivity index (χ0v) is 14.8. The van der Waals surface area contributed by atoms with Gasteiger partial charge in [0.05, 0.1) is 19.1 Å². The molecule has 2 N–H and O–H groups in total. The SMILES string of the molecule is COc1ccc(NC(=O)Cc2c(C)c3ccc(O)c(C)c3oc2=O)cc1. The normalized spacial score (nSPS) is 10.7. The van der Waals surface area contributed by atoms with E-state index in [9.17, 15) is 14.7 Å². The van der Waals surface area contributed by atoms with Crippen LogP contribution in [0.5, 0.6) is 11.5 Å². The van der Waals surface area contributed by atoms with Gasteiger partial charge in [-0.2, -0.15) is 0 Å². The van der Waals surface area contributed by atoms with Crippen molar-refractivity contribution in [3.05, 3.63) is 63.5 Å². The number of carbonyl (C=O) groups is 1. The van der Waals surface area contributed by atoms with Crippen LogP contribution in [-0.4, -0.2) is 18.1 Å². The number of rotatable bonds is 4. The molecule has 1 amide bonds. The second kappa shape index (κ2) is 6.92. The number of hydrogen-bond acceptors (Lipinski definition) is 5. The Morgan fingerprint density at radius 1 is 1.12 bits per heavy atom. The van der Waals surface area contributed by atoms with E-state index < -0.39 is 5.63 Å². The molecule has 0 saturated heterocycles. The number of aryl methyl sites for hydroxylation is 2. The molecule has 3 aromatic rings. The zero-order chi connectivity index (χ0) is 18.8. The lowest BCUT2D eigenvalue weighted by molar-refractivity contribution is -0.115. The molecule has 2 aromatic carbocycles. The minimum atomic E-state index is -0.575. The van der Waals surface area contributed by atoms with Crippen LogP contribution in [-0.2, 0) is 11.2 Å². The third kappa shape index (κ3) is 3.26. The highest BCUT2D eigenvalue weighted by molar-refractivity contribution is 5.93. The Labute approximate surface area is 150 Å². The van der Waals surface area contributed by atoms with E-state index in [4.69, 9.17) is 9.15 Å². The van der Waals surface area contributed by atoms with E-state index in [0.29, 0.717) is 39.1 Å². The Kier molecular flexibility index (Phi) is 4.67. The van der Waals surface area contributed by atoms with Crippen LogP contribution >= 0.6 is 0 Å². The summed E-state index contributed by atoms with van der Waals surface area (Å²) in [4.78, 5) is 24.7. The number of nitrogens with one attached hydrogen (secondary N) is 1. The molecular formula is C20H19NO5. The lowest BCUT2D eigenvalue weighted by atomic mass is 10.0. The maximum absolute atomic E-state index is 12.3. The number of fused-ring (bicyclic) bond motifs is 1. The van der Waals surface area contributed by atoms with E-state index in [1.807, 2.05) is 0 Å². The number of aromatic hydroxyl groups is 1. The van der Waals surface area contributed by atoms with Gasteiger partial charge in [-0.25, -0.2) is 4.79 Å². The zero-order valence-electron chi connectivity index (χ0n) is 14.8. The van der Waals surface area contributed by atoms with Crippen molar-refractivity contribution in [2.24, 2.45) is 0 Å². The molecule has 0 unspecified atom stereocenters. The number of carbonyl (C=O) groups excluding carboxylic acids is 1. The summed E-state index contributed by atoms with van der Waals surface area (Å²) in [5, 5.41) is 13.2. The van der Waals surface area contributed by atoms with Crippen LogP contribution < -0.4 is 15.7 Å². The average Bonchev–Trinajstić information content (AvgIpc) is 2.63. The van der Waals surface area contributed by atoms with Crippen LogP contribution in [0.25, 0.3) is 11.0 Å². The van der Waals surface area contributed by atoms with Gasteiger partial charge in [-0.1, -0.05) is 0 Å². The molecule has 0 saturated carbocycles. The number of anilines is 1. The van der Waals surface area contributed by atoms with Crippen LogP contribution in [0, 0.1) is 13.8 Å². The monoisotopic (exact) mass is 353 g/mol. The molecule has 3 rings (SSSR count). The average molecular weight is 353 g/mol. The predicted molar refractivity (Wildman–Crippen MR) is 99.0 cm³/mol. The second-order valence-corrected chi connectivity index (χ2v) is 6.03. The number of ether oxygens (including phenoxy) is 1. The van der Waals surface area contributed by atoms with Crippen LogP contribution in [0.1, 0.15) is 16.7 Å². The first-order valence-corrected chi connectivity index (χ1v) is 8.09. The summed E-state index contributed by atoms with van der Waals surface area (Å²) in [6.07, 6.45) is -0.101. The van der Waals surface area contributed by atoms with Gasteiger partial charge in [0, 0.05) is 16.6 Å². The van der Waals surface area contributed by atoms with Crippen molar-refractivity contribution in [2.75, 3.05) is 12.4 Å². The van der Waals surface area contributed by atoms with Crippen molar-refractivity contribution in [2.45, 2.75) is 20.3 Å². The predicted octanol–water partition coefficient (Wildman–Crippen LogP) is 3.31. The molecule has 0 atom stereocenters. The maximum Gasteiger partial charge on any atom is 0.340 e. The summed E-state index contributed by atoms with van der Waals surface area (Å²) in [7, 11) is 1.57. The van der Waals surface area contributed by atoms with E-state index in [2.05, 4.69) is 5.32 Å². The molecule has 26 heavy (non-hydrogen) atoms. The van der Waals surface area contributed by atoms with E-state index >= 15 is 0 Å². The third-order valence-electron chi connectivity index (χ3n) is 4.39. The Morgan fingerprint density at radius 2 is 1.81 bits per heavy atom. The van der Waals surface area contributed by atoms with Gasteiger partial charge >= 0.3 is 5.63 Å². The first-order chi connectivity index (χ1) is 12.4. The van der Waals surface area contributed by atoms with Gasteiger partial charge in [0.25, 0.3) is 0 Å². The van der Waals surface area contributed by atoms with E-state index in [1.165, 1.54) is 0 Å². The van der Waals surface area contributed by atoms with Gasteiger partial charge < -0.3 is 19.6 Å². The summed E-state index contributed by atoms with van der Waals surface area (Å²) >= 11 is 0. The van der Waals surface area contributed by atoms with Crippen molar-refractivity contribution in [1.29, 1.82) is 0 Å². The van der Waals surface area contributed by atoms with Gasteiger partial charge in [0.1, 0.15) is 17.1 Å². The number of methoxy groups -OCH3 is 1. The fourth-order valence-corrected chi connectivity index (χ4v) is 2.82. The number of amides is 1. The van der Waals surface area contributed by atoms with Crippen molar-refractivity contribution >= 4 is 22.6 Å². The number of hydrogen-bond donors (Lipinski definition) is 2. The molecule has 1 heterocycles. The Balaban J connectivity index is 1.89. The fourth-order valence-electron chi connectivity index (χ4n) is 2.82. The Bertz CT molecular complexity index is 1030. The third-order valence-corrected chi connectivity index (χ3v) is 4.39. The highest BCUT2D eigenvalue weighted by Crippen LogP contribution is 2.28. The molecule has 0 aliphatic heterocycles. The van der Waals surface area contributed by atoms with Gasteiger partial charge in [-0.05, 0) is 55.8 Å². The Hall–Kier alpha value is -3.28. The molecule has 0 bridgehead atoms. The van der Waals surface area contributed by atoms with E-state index in [-0.39, 0.29) is 18.1 Å². The highest BCUT2D eigenvalue weighted by Gasteiger charge is 2.17. The van der Waals surface area contributed by atoms with Crippen molar-refractivity contribution in [3.63, 3.8) is 0 Å². The summed E-state index contributed by atoms with van der Waals surface area (Å²) < 4.78 is 10.4. The standard InChI is InChI=1S/C20H19NO5/c1-11-15-8-9-17(22)12(2)19(15)26-20(24)16(11)10-18(23)21-13-4-6-14(25-3)7-5-13/h4-9,22H,10H2,1-3H3,(H,21,23). The van der Waals surface area contributed by atoms with Crippen LogP contribution in [0.4, 0.5) is 5.69 Å². The fraction of sp³-hybridized carbons (Fsp3) is 0.200. The molecule has 6 heteroatoms. The molecule has 134 valence electrons. The number of benzene rings is 2. The van der Waals surface area contributed by atoms with Crippen LogP contribution in [0.2, 0.25) is 0 Å². The van der Waals surface area contributed by atoms with Crippen molar-refractivity contribution < 1.29 is 19.1 Å². The molecule has 0 aliphatic rings. The highest BCUT2D eigenvalue weighted by atomic mass is 16.5. The van der Waals surface area contributed by atoms with Gasteiger partial charge in [0.15, 0.2) is 0 Å². The number of phenols is 1. The van der Waals surface area contributed by atoms with Gasteiger partial charge in [-0.3, -0.25) is 4.79 Å². The first kappa shape index (κ1) is 17.5. The summed E-state index contributed by atoms with van der Waals surface area (Å²) in [6.45, 7) is 3.45. The smallest absolute Gasteiger partial charge is 0.340 e. The molecule has 0 spiro atoms. The molecule has 0 radical (unpaired) electrons. The number of phenolic OH excluding ortho intramolecular Hbond substituents is 1. The van der Waals surface area contributed by atoms with E-state index in [0.717, 1.165) is 0 Å². The minimum Gasteiger partial charge on any atom is -0.508 e. The van der Waals surface area contributed by atoms with E-state index in [1.54, 1.807) is 57.4 Å². The Morgan fingerprint density at radius 3 is 2.46 bits per heavy atom. The lowest BCUT2D eigenvalue weighted by Gasteiger charge is -2.10.